The van der Waals surface area contributed by atoms with Crippen LogP contribution in [0.25, 0.3) is 0 Å². The molecule has 1 rings (SSSR count). The molecule has 134 valence electrons. The van der Waals surface area contributed by atoms with E-state index in [-0.39, 0.29) is 25.6 Å². The Labute approximate surface area is 143 Å². The van der Waals surface area contributed by atoms with Gasteiger partial charge in [0, 0.05) is 19.3 Å². The van der Waals surface area contributed by atoms with Crippen molar-refractivity contribution in [1.29, 1.82) is 0 Å². The molecule has 6 heteroatoms. The van der Waals surface area contributed by atoms with Gasteiger partial charge in [0.15, 0.2) is 11.0 Å². The Morgan fingerprint density at radius 1 is 1.21 bits per heavy atom. The van der Waals surface area contributed by atoms with Gasteiger partial charge in [0.2, 0.25) is 0 Å². The van der Waals surface area contributed by atoms with E-state index in [0.29, 0.717) is 6.42 Å². The summed E-state index contributed by atoms with van der Waals surface area (Å²) in [7, 11) is 0. The molecule has 2 unspecified atom stereocenters. The van der Waals surface area contributed by atoms with Gasteiger partial charge in [-0.3, -0.25) is 14.4 Å². The summed E-state index contributed by atoms with van der Waals surface area (Å²) in [6.07, 6.45) is 6.17. The van der Waals surface area contributed by atoms with Crippen LogP contribution < -0.4 is 0 Å². The number of terminal acetylenes is 1. The Kier molecular flexibility index (Phi) is 6.42. The molecule has 1 aliphatic rings. The number of carbonyl (C=O) groups is 3. The van der Waals surface area contributed by atoms with E-state index in [1.807, 2.05) is 13.8 Å². The Bertz CT molecular complexity index is 526. The Morgan fingerprint density at radius 3 is 2.04 bits per heavy atom. The van der Waals surface area contributed by atoms with Crippen molar-refractivity contribution in [2.24, 2.45) is 17.3 Å². The number of carbonyl (C=O) groups excluding carboxylic acids is 3. The minimum absolute atomic E-state index is 0.100. The zero-order valence-corrected chi connectivity index (χ0v) is 15.0. The SMILES string of the molecule is C#CC(CC(C)C)(OC(C)=O)C1CC1(C(=O)OCC)C(=O)OCC. The Balaban J connectivity index is 3.27. The number of hydrogen-bond acceptors (Lipinski definition) is 6. The van der Waals surface area contributed by atoms with Crippen LogP contribution in [0.4, 0.5) is 0 Å². The average Bonchev–Trinajstić information content (AvgIpc) is 3.23. The molecule has 0 aromatic heterocycles. The summed E-state index contributed by atoms with van der Waals surface area (Å²) in [5.74, 6) is 0.0697. The molecule has 1 aliphatic carbocycles. The van der Waals surface area contributed by atoms with Crippen LogP contribution in [0, 0.1) is 29.6 Å². The van der Waals surface area contributed by atoms with Crippen molar-refractivity contribution in [3.63, 3.8) is 0 Å². The highest BCUT2D eigenvalue weighted by Gasteiger charge is 2.75. The lowest BCUT2D eigenvalue weighted by Gasteiger charge is -2.31. The summed E-state index contributed by atoms with van der Waals surface area (Å²) in [6.45, 7) is 8.68. The quantitative estimate of drug-likeness (QED) is 0.292. The first-order valence-electron chi connectivity index (χ1n) is 8.21. The molecule has 0 spiro atoms. The van der Waals surface area contributed by atoms with E-state index < -0.39 is 34.8 Å². The van der Waals surface area contributed by atoms with Crippen molar-refractivity contribution < 1.29 is 28.6 Å². The summed E-state index contributed by atoms with van der Waals surface area (Å²) in [5.41, 5.74) is -2.83. The van der Waals surface area contributed by atoms with E-state index in [4.69, 9.17) is 20.6 Å². The fraction of sp³-hybridized carbons (Fsp3) is 0.722. The molecule has 0 aromatic rings. The Hall–Kier alpha value is -2.03. The largest absolute Gasteiger partial charge is 0.465 e. The molecule has 1 fully saturated rings. The third-order valence-electron chi connectivity index (χ3n) is 4.08. The summed E-state index contributed by atoms with van der Waals surface area (Å²) < 4.78 is 15.6. The molecule has 2 atom stereocenters. The van der Waals surface area contributed by atoms with Crippen LogP contribution in [-0.2, 0) is 28.6 Å². The van der Waals surface area contributed by atoms with Crippen LogP contribution in [0.15, 0.2) is 0 Å². The monoisotopic (exact) mass is 338 g/mol. The highest BCUT2D eigenvalue weighted by atomic mass is 16.6. The Morgan fingerprint density at radius 2 is 1.71 bits per heavy atom. The lowest BCUT2D eigenvalue weighted by atomic mass is 9.84. The third kappa shape index (κ3) is 3.72. The van der Waals surface area contributed by atoms with E-state index >= 15 is 0 Å². The number of esters is 3. The van der Waals surface area contributed by atoms with Crippen LogP contribution >= 0.6 is 0 Å². The highest BCUT2D eigenvalue weighted by molar-refractivity contribution is 6.04. The van der Waals surface area contributed by atoms with Crippen molar-refractivity contribution in [2.75, 3.05) is 13.2 Å². The summed E-state index contributed by atoms with van der Waals surface area (Å²) in [5, 5.41) is 0. The third-order valence-corrected chi connectivity index (χ3v) is 4.08. The van der Waals surface area contributed by atoms with E-state index in [2.05, 4.69) is 5.92 Å². The second-order valence-electron chi connectivity index (χ2n) is 6.39. The van der Waals surface area contributed by atoms with Crippen molar-refractivity contribution in [2.45, 2.75) is 53.1 Å². The van der Waals surface area contributed by atoms with Gasteiger partial charge in [-0.25, -0.2) is 0 Å². The molecule has 0 radical (unpaired) electrons. The molecular weight excluding hydrogens is 312 g/mol. The van der Waals surface area contributed by atoms with E-state index in [0.717, 1.165) is 0 Å². The molecule has 1 saturated carbocycles. The maximum absolute atomic E-state index is 12.5. The minimum atomic E-state index is -1.50. The molecule has 6 nitrogen and oxygen atoms in total. The summed E-state index contributed by atoms with van der Waals surface area (Å²) in [6, 6.07) is 0. The molecule has 0 bridgehead atoms. The number of ether oxygens (including phenoxy) is 3. The predicted octanol–water partition coefficient (Wildman–Crippen LogP) is 2.10. The normalized spacial score (nSPS) is 20.5. The van der Waals surface area contributed by atoms with Gasteiger partial charge in [-0.15, -0.1) is 6.42 Å². The molecule has 0 aromatic carbocycles. The topological polar surface area (TPSA) is 78.9 Å². The zero-order chi connectivity index (χ0) is 18.5. The second-order valence-corrected chi connectivity index (χ2v) is 6.39. The van der Waals surface area contributed by atoms with Crippen LogP contribution in [0.3, 0.4) is 0 Å². The number of hydrogen-bond donors (Lipinski definition) is 0. The van der Waals surface area contributed by atoms with Crippen molar-refractivity contribution in [3.8, 4) is 12.3 Å². The van der Waals surface area contributed by atoms with Gasteiger partial charge >= 0.3 is 17.9 Å². The van der Waals surface area contributed by atoms with E-state index in [9.17, 15) is 14.4 Å². The van der Waals surface area contributed by atoms with Crippen LogP contribution in [0.5, 0.6) is 0 Å². The maximum Gasteiger partial charge on any atom is 0.323 e. The molecule has 0 amide bonds. The summed E-state index contributed by atoms with van der Waals surface area (Å²) >= 11 is 0. The fourth-order valence-corrected chi connectivity index (χ4v) is 3.19. The first kappa shape index (κ1) is 20.0. The smallest absolute Gasteiger partial charge is 0.323 e. The van der Waals surface area contributed by atoms with E-state index in [1.165, 1.54) is 6.92 Å². The lowest BCUT2D eigenvalue weighted by molar-refractivity contribution is -0.171. The fourth-order valence-electron chi connectivity index (χ4n) is 3.19. The van der Waals surface area contributed by atoms with Gasteiger partial charge in [0.1, 0.15) is 0 Å². The first-order chi connectivity index (χ1) is 11.2. The van der Waals surface area contributed by atoms with Crippen LogP contribution in [-0.4, -0.2) is 36.7 Å². The molecule has 0 heterocycles. The second kappa shape index (κ2) is 7.69. The number of rotatable bonds is 8. The molecule has 0 N–H and O–H groups in total. The first-order valence-corrected chi connectivity index (χ1v) is 8.21. The predicted molar refractivity (Wildman–Crippen MR) is 86.6 cm³/mol. The van der Waals surface area contributed by atoms with E-state index in [1.54, 1.807) is 13.8 Å². The standard InChI is InChI=1S/C18H26O6/c1-7-17(10-12(4)5,24-13(6)19)14-11-18(14,15(20)22-8-2)16(21)23-9-3/h1,12,14H,8-11H2,2-6H3. The molecular formula is C18H26O6. The van der Waals surface area contributed by atoms with Crippen molar-refractivity contribution in [3.05, 3.63) is 0 Å². The van der Waals surface area contributed by atoms with Crippen molar-refractivity contribution in [1.82, 2.24) is 0 Å². The maximum atomic E-state index is 12.5. The average molecular weight is 338 g/mol. The van der Waals surface area contributed by atoms with Gasteiger partial charge < -0.3 is 14.2 Å². The zero-order valence-electron chi connectivity index (χ0n) is 15.0. The van der Waals surface area contributed by atoms with Gasteiger partial charge in [-0.1, -0.05) is 19.8 Å². The lowest BCUT2D eigenvalue weighted by Crippen LogP contribution is -2.43. The van der Waals surface area contributed by atoms with Gasteiger partial charge in [0.05, 0.1) is 13.2 Å². The van der Waals surface area contributed by atoms with Crippen LogP contribution in [0.2, 0.25) is 0 Å². The minimum Gasteiger partial charge on any atom is -0.465 e. The molecule has 24 heavy (non-hydrogen) atoms. The molecule has 0 saturated heterocycles. The van der Waals surface area contributed by atoms with Crippen molar-refractivity contribution >= 4 is 17.9 Å². The van der Waals surface area contributed by atoms with Crippen LogP contribution in [0.1, 0.15) is 47.5 Å². The van der Waals surface area contributed by atoms with Gasteiger partial charge in [0.25, 0.3) is 0 Å². The summed E-state index contributed by atoms with van der Waals surface area (Å²) in [4.78, 5) is 36.5. The molecule has 0 aliphatic heterocycles. The van der Waals surface area contributed by atoms with Gasteiger partial charge in [-0.2, -0.15) is 0 Å². The van der Waals surface area contributed by atoms with Gasteiger partial charge in [-0.05, 0) is 26.2 Å². The highest BCUT2D eigenvalue weighted by Crippen LogP contribution is 2.61.